The highest BCUT2D eigenvalue weighted by molar-refractivity contribution is 5.92. The highest BCUT2D eigenvalue weighted by Crippen LogP contribution is 2.19. The standard InChI is InChI=1S/C15H20N6O2/c1-10(14-16-19-20-17-14)9-21(2)15(22)13-8-12(18-23-13)11-6-4-3-5-7-11/h3-8,10,14,16-17,19-20H,9H2,1-2H3. The Morgan fingerprint density at radius 1 is 1.30 bits per heavy atom. The molecule has 2 aromatic rings. The fourth-order valence-electron chi connectivity index (χ4n) is 2.48. The summed E-state index contributed by atoms with van der Waals surface area (Å²) in [4.78, 5) is 14.1. The van der Waals surface area contributed by atoms with Crippen LogP contribution >= 0.6 is 0 Å². The number of benzene rings is 1. The van der Waals surface area contributed by atoms with Crippen molar-refractivity contribution in [2.45, 2.75) is 13.1 Å². The molecule has 1 aliphatic rings. The lowest BCUT2D eigenvalue weighted by Crippen LogP contribution is -2.45. The molecule has 1 aliphatic heterocycles. The monoisotopic (exact) mass is 316 g/mol. The number of hydrazine groups is 3. The summed E-state index contributed by atoms with van der Waals surface area (Å²) in [5.41, 5.74) is 13.1. The lowest BCUT2D eigenvalue weighted by molar-refractivity contribution is 0.0723. The molecular weight excluding hydrogens is 296 g/mol. The summed E-state index contributed by atoms with van der Waals surface area (Å²) < 4.78 is 5.21. The van der Waals surface area contributed by atoms with Crippen LogP contribution in [0.1, 0.15) is 17.5 Å². The molecule has 1 fully saturated rings. The molecule has 122 valence electrons. The van der Waals surface area contributed by atoms with Gasteiger partial charge in [-0.05, 0) is 0 Å². The van der Waals surface area contributed by atoms with Gasteiger partial charge in [0.2, 0.25) is 5.76 Å². The molecule has 0 bridgehead atoms. The van der Waals surface area contributed by atoms with Gasteiger partial charge in [-0.25, -0.2) is 10.9 Å². The van der Waals surface area contributed by atoms with Crippen molar-refractivity contribution in [3.8, 4) is 11.3 Å². The van der Waals surface area contributed by atoms with Crippen molar-refractivity contribution in [1.29, 1.82) is 0 Å². The number of nitrogens with one attached hydrogen (secondary N) is 4. The zero-order valence-corrected chi connectivity index (χ0v) is 13.0. The van der Waals surface area contributed by atoms with Crippen LogP contribution in [0, 0.1) is 5.92 Å². The minimum atomic E-state index is -0.189. The van der Waals surface area contributed by atoms with Crippen LogP contribution < -0.4 is 21.9 Å². The van der Waals surface area contributed by atoms with E-state index in [2.05, 4.69) is 27.1 Å². The zero-order chi connectivity index (χ0) is 16.2. The molecule has 1 amide bonds. The van der Waals surface area contributed by atoms with E-state index in [1.165, 1.54) is 0 Å². The van der Waals surface area contributed by atoms with Gasteiger partial charge in [0.15, 0.2) is 0 Å². The van der Waals surface area contributed by atoms with E-state index in [9.17, 15) is 4.79 Å². The van der Waals surface area contributed by atoms with Crippen LogP contribution in [0.3, 0.4) is 0 Å². The zero-order valence-electron chi connectivity index (χ0n) is 13.0. The van der Waals surface area contributed by atoms with E-state index in [0.717, 1.165) is 5.56 Å². The third-order valence-electron chi connectivity index (χ3n) is 3.79. The molecule has 4 N–H and O–H groups in total. The first-order chi connectivity index (χ1) is 11.1. The predicted molar refractivity (Wildman–Crippen MR) is 84.4 cm³/mol. The third kappa shape index (κ3) is 3.57. The minimum absolute atomic E-state index is 0.0276. The maximum Gasteiger partial charge on any atom is 0.292 e. The molecule has 1 aromatic carbocycles. The van der Waals surface area contributed by atoms with Crippen molar-refractivity contribution in [3.63, 3.8) is 0 Å². The maximum absolute atomic E-state index is 12.5. The van der Waals surface area contributed by atoms with Crippen LogP contribution in [0.2, 0.25) is 0 Å². The van der Waals surface area contributed by atoms with E-state index in [1.54, 1.807) is 18.0 Å². The van der Waals surface area contributed by atoms with Crippen LogP contribution in [0.4, 0.5) is 0 Å². The average molecular weight is 316 g/mol. The molecule has 1 saturated heterocycles. The summed E-state index contributed by atoms with van der Waals surface area (Å²) in [6, 6.07) is 11.3. The van der Waals surface area contributed by atoms with Gasteiger partial charge in [-0.15, -0.1) is 0 Å². The average Bonchev–Trinajstić information content (AvgIpc) is 3.26. The molecule has 0 radical (unpaired) electrons. The molecule has 1 unspecified atom stereocenters. The van der Waals surface area contributed by atoms with E-state index < -0.39 is 0 Å². The van der Waals surface area contributed by atoms with Crippen LogP contribution in [0.15, 0.2) is 40.9 Å². The second kappa shape index (κ2) is 6.88. The topological polar surface area (TPSA) is 94.5 Å². The molecule has 0 saturated carbocycles. The van der Waals surface area contributed by atoms with E-state index in [1.807, 2.05) is 37.3 Å². The summed E-state index contributed by atoms with van der Waals surface area (Å²) in [6.07, 6.45) is 0.0276. The SMILES string of the molecule is CC(CN(C)C(=O)c1cc(-c2ccccc2)no1)C1NNNN1. The summed E-state index contributed by atoms with van der Waals surface area (Å²) >= 11 is 0. The number of amides is 1. The summed E-state index contributed by atoms with van der Waals surface area (Å²) in [5.74, 6) is 0.232. The molecule has 0 spiro atoms. The van der Waals surface area contributed by atoms with Gasteiger partial charge in [0.05, 0.1) is 6.17 Å². The predicted octanol–water partition coefficient (Wildman–Crippen LogP) is 0.493. The van der Waals surface area contributed by atoms with Crippen molar-refractivity contribution in [1.82, 2.24) is 32.0 Å². The van der Waals surface area contributed by atoms with Gasteiger partial charge in [-0.1, -0.05) is 42.4 Å². The summed E-state index contributed by atoms with van der Waals surface area (Å²) in [7, 11) is 1.75. The Kier molecular flexibility index (Phi) is 4.68. The second-order valence-electron chi connectivity index (χ2n) is 5.62. The molecule has 1 aromatic heterocycles. The van der Waals surface area contributed by atoms with Gasteiger partial charge in [-0.2, -0.15) is 11.1 Å². The number of nitrogens with zero attached hydrogens (tertiary/aromatic N) is 2. The van der Waals surface area contributed by atoms with Crippen LogP contribution in [0.25, 0.3) is 11.3 Å². The number of carbonyl (C=O) groups excluding carboxylic acids is 1. The summed E-state index contributed by atoms with van der Waals surface area (Å²) in [5, 5.41) is 3.98. The largest absolute Gasteiger partial charge is 0.350 e. The Hall–Kier alpha value is -2.26. The normalized spacial score (nSPS) is 16.4. The van der Waals surface area contributed by atoms with Gasteiger partial charge in [0, 0.05) is 31.1 Å². The fraction of sp³-hybridized carbons (Fsp3) is 0.333. The molecule has 8 nitrogen and oxygen atoms in total. The highest BCUT2D eigenvalue weighted by atomic mass is 16.5. The maximum atomic E-state index is 12.5. The fourth-order valence-corrected chi connectivity index (χ4v) is 2.48. The van der Waals surface area contributed by atoms with Gasteiger partial charge in [0.25, 0.3) is 5.91 Å². The number of aromatic nitrogens is 1. The van der Waals surface area contributed by atoms with E-state index in [-0.39, 0.29) is 23.8 Å². The lowest BCUT2D eigenvalue weighted by atomic mass is 10.1. The van der Waals surface area contributed by atoms with Crippen molar-refractivity contribution in [2.75, 3.05) is 13.6 Å². The molecule has 0 aliphatic carbocycles. The van der Waals surface area contributed by atoms with Gasteiger partial charge < -0.3 is 9.42 Å². The number of hydrogen-bond donors (Lipinski definition) is 4. The van der Waals surface area contributed by atoms with Crippen LogP contribution in [-0.2, 0) is 0 Å². The van der Waals surface area contributed by atoms with Crippen LogP contribution in [-0.4, -0.2) is 35.7 Å². The molecule has 1 atom stereocenters. The molecule has 8 heteroatoms. The van der Waals surface area contributed by atoms with Crippen molar-refractivity contribution in [2.24, 2.45) is 5.92 Å². The first kappa shape index (κ1) is 15.6. The Balaban J connectivity index is 1.64. The van der Waals surface area contributed by atoms with E-state index >= 15 is 0 Å². The molecule has 23 heavy (non-hydrogen) atoms. The first-order valence-electron chi connectivity index (χ1n) is 7.44. The molecular formula is C15H20N6O2. The quantitative estimate of drug-likeness (QED) is 0.638. The van der Waals surface area contributed by atoms with E-state index in [4.69, 9.17) is 4.52 Å². The smallest absolute Gasteiger partial charge is 0.292 e. The van der Waals surface area contributed by atoms with Gasteiger partial charge in [-0.3, -0.25) is 4.79 Å². The summed E-state index contributed by atoms with van der Waals surface area (Å²) in [6.45, 7) is 2.60. The third-order valence-corrected chi connectivity index (χ3v) is 3.79. The minimum Gasteiger partial charge on any atom is -0.350 e. The highest BCUT2D eigenvalue weighted by Gasteiger charge is 2.25. The number of hydrogen-bond acceptors (Lipinski definition) is 7. The van der Waals surface area contributed by atoms with Gasteiger partial charge in [0.1, 0.15) is 5.69 Å². The van der Waals surface area contributed by atoms with Crippen LogP contribution in [0.5, 0.6) is 0 Å². The second-order valence-corrected chi connectivity index (χ2v) is 5.62. The van der Waals surface area contributed by atoms with E-state index in [0.29, 0.717) is 12.2 Å². The van der Waals surface area contributed by atoms with Crippen molar-refractivity contribution < 1.29 is 9.32 Å². The van der Waals surface area contributed by atoms with Gasteiger partial charge >= 0.3 is 0 Å². The Labute approximate surface area is 134 Å². The molecule has 2 heterocycles. The Bertz CT molecular complexity index is 653. The number of rotatable bonds is 5. The Morgan fingerprint density at radius 2 is 2.00 bits per heavy atom. The lowest BCUT2D eigenvalue weighted by Gasteiger charge is -2.24. The van der Waals surface area contributed by atoms with Crippen molar-refractivity contribution >= 4 is 5.91 Å². The van der Waals surface area contributed by atoms with Crippen molar-refractivity contribution in [3.05, 3.63) is 42.2 Å². The molecule has 3 rings (SSSR count). The first-order valence-corrected chi connectivity index (χ1v) is 7.44. The Morgan fingerprint density at radius 3 is 2.70 bits per heavy atom. The number of carbonyl (C=O) groups is 1.